The number of anilines is 1. The molecule has 0 N–H and O–H groups in total. The Labute approximate surface area is 110 Å². The van der Waals surface area contributed by atoms with Crippen LogP contribution in [0.3, 0.4) is 0 Å². The highest BCUT2D eigenvalue weighted by atomic mass is 79.9. The average molecular weight is 318 g/mol. The molecule has 0 saturated carbocycles. The van der Waals surface area contributed by atoms with Gasteiger partial charge in [-0.15, -0.1) is 0 Å². The Morgan fingerprint density at radius 1 is 1.33 bits per heavy atom. The molecule has 0 aliphatic carbocycles. The standard InChI is InChI=1S/C11H10BrF2N3O/c12-8-5-7-9(18-6-15-7)10(16-8)17-3-1-11(13,14)2-4-17/h5-6H,1-4H2. The summed E-state index contributed by atoms with van der Waals surface area (Å²) in [6.07, 6.45) is 1.02. The molecule has 7 heteroatoms. The number of aromatic nitrogens is 2. The van der Waals surface area contributed by atoms with E-state index >= 15 is 0 Å². The SMILES string of the molecule is FC1(F)CCN(c2nc(Br)cc3ncoc23)CC1. The zero-order chi connectivity index (χ0) is 12.8. The number of halogens is 3. The maximum absolute atomic E-state index is 13.1. The van der Waals surface area contributed by atoms with Gasteiger partial charge in [-0.2, -0.15) is 0 Å². The van der Waals surface area contributed by atoms with Gasteiger partial charge in [0, 0.05) is 32.0 Å². The predicted molar refractivity (Wildman–Crippen MR) is 65.9 cm³/mol. The molecule has 96 valence electrons. The minimum Gasteiger partial charge on any atom is -0.440 e. The van der Waals surface area contributed by atoms with E-state index in [-0.39, 0.29) is 25.9 Å². The number of nitrogens with zero attached hydrogens (tertiary/aromatic N) is 3. The molecule has 0 unspecified atom stereocenters. The number of piperidine rings is 1. The second-order valence-electron chi connectivity index (χ2n) is 4.31. The average Bonchev–Trinajstić information content (AvgIpc) is 2.76. The molecular formula is C11H10BrF2N3O. The van der Waals surface area contributed by atoms with Gasteiger partial charge in [0.2, 0.25) is 0 Å². The monoisotopic (exact) mass is 317 g/mol. The zero-order valence-corrected chi connectivity index (χ0v) is 11.0. The third-order valence-electron chi connectivity index (χ3n) is 3.06. The molecule has 0 radical (unpaired) electrons. The summed E-state index contributed by atoms with van der Waals surface area (Å²) in [4.78, 5) is 10.2. The van der Waals surface area contributed by atoms with Crippen molar-refractivity contribution in [3.8, 4) is 0 Å². The Bertz CT molecular complexity index is 577. The summed E-state index contributed by atoms with van der Waals surface area (Å²) in [5.41, 5.74) is 1.22. The summed E-state index contributed by atoms with van der Waals surface area (Å²) in [7, 11) is 0. The predicted octanol–water partition coefficient (Wildman–Crippen LogP) is 3.22. The van der Waals surface area contributed by atoms with Gasteiger partial charge >= 0.3 is 0 Å². The molecule has 1 aliphatic rings. The van der Waals surface area contributed by atoms with E-state index in [2.05, 4.69) is 25.9 Å². The molecule has 18 heavy (non-hydrogen) atoms. The largest absolute Gasteiger partial charge is 0.440 e. The quantitative estimate of drug-likeness (QED) is 0.757. The fourth-order valence-corrected chi connectivity index (χ4v) is 2.47. The van der Waals surface area contributed by atoms with Crippen LogP contribution in [0.5, 0.6) is 0 Å². The van der Waals surface area contributed by atoms with E-state index in [0.717, 1.165) is 0 Å². The van der Waals surface area contributed by atoms with Crippen LogP contribution in [0.1, 0.15) is 12.8 Å². The summed E-state index contributed by atoms with van der Waals surface area (Å²) < 4.78 is 32.2. The number of hydrogen-bond acceptors (Lipinski definition) is 4. The fourth-order valence-electron chi connectivity index (χ4n) is 2.08. The fraction of sp³-hybridized carbons (Fsp3) is 0.455. The Hall–Kier alpha value is -1.24. The lowest BCUT2D eigenvalue weighted by Gasteiger charge is -2.32. The van der Waals surface area contributed by atoms with Gasteiger partial charge in [0.1, 0.15) is 10.1 Å². The second kappa shape index (κ2) is 4.15. The van der Waals surface area contributed by atoms with Crippen molar-refractivity contribution < 1.29 is 13.2 Å². The molecule has 1 saturated heterocycles. The molecule has 2 aromatic rings. The van der Waals surface area contributed by atoms with Crippen LogP contribution < -0.4 is 4.90 Å². The van der Waals surface area contributed by atoms with E-state index in [1.807, 2.05) is 4.90 Å². The lowest BCUT2D eigenvalue weighted by molar-refractivity contribution is -0.0221. The van der Waals surface area contributed by atoms with Crippen LogP contribution in [-0.4, -0.2) is 29.0 Å². The third kappa shape index (κ3) is 2.07. The molecule has 0 atom stereocenters. The van der Waals surface area contributed by atoms with Gasteiger partial charge in [0.25, 0.3) is 5.92 Å². The van der Waals surface area contributed by atoms with E-state index in [1.165, 1.54) is 6.39 Å². The minimum absolute atomic E-state index is 0.156. The minimum atomic E-state index is -2.57. The van der Waals surface area contributed by atoms with Gasteiger partial charge < -0.3 is 9.32 Å². The smallest absolute Gasteiger partial charge is 0.251 e. The van der Waals surface area contributed by atoms with Gasteiger partial charge in [-0.1, -0.05) is 0 Å². The van der Waals surface area contributed by atoms with Crippen LogP contribution in [0, 0.1) is 0 Å². The maximum Gasteiger partial charge on any atom is 0.251 e. The van der Waals surface area contributed by atoms with Gasteiger partial charge in [0.15, 0.2) is 17.8 Å². The van der Waals surface area contributed by atoms with Gasteiger partial charge in [-0.25, -0.2) is 18.7 Å². The van der Waals surface area contributed by atoms with Crippen molar-refractivity contribution in [2.24, 2.45) is 0 Å². The molecule has 3 heterocycles. The van der Waals surface area contributed by atoms with Crippen LogP contribution >= 0.6 is 15.9 Å². The summed E-state index contributed by atoms with van der Waals surface area (Å²) in [5.74, 6) is -1.99. The molecule has 3 rings (SSSR count). The normalized spacial score (nSPS) is 19.4. The maximum atomic E-state index is 13.1. The first-order valence-electron chi connectivity index (χ1n) is 5.58. The Morgan fingerprint density at radius 3 is 2.78 bits per heavy atom. The van der Waals surface area contributed by atoms with Gasteiger partial charge in [0.05, 0.1) is 0 Å². The lowest BCUT2D eigenvalue weighted by Crippen LogP contribution is -2.39. The van der Waals surface area contributed by atoms with Crippen molar-refractivity contribution in [1.82, 2.24) is 9.97 Å². The van der Waals surface area contributed by atoms with Crippen molar-refractivity contribution in [2.75, 3.05) is 18.0 Å². The zero-order valence-electron chi connectivity index (χ0n) is 9.37. The van der Waals surface area contributed by atoms with Gasteiger partial charge in [-0.05, 0) is 15.9 Å². The van der Waals surface area contributed by atoms with E-state index in [9.17, 15) is 8.78 Å². The number of pyridine rings is 1. The lowest BCUT2D eigenvalue weighted by atomic mass is 10.1. The van der Waals surface area contributed by atoms with Crippen LogP contribution in [0.15, 0.2) is 21.5 Å². The first kappa shape index (κ1) is 11.8. The molecular weight excluding hydrogens is 308 g/mol. The summed E-state index contributed by atoms with van der Waals surface area (Å²) >= 11 is 3.29. The molecule has 1 fully saturated rings. The first-order chi connectivity index (χ1) is 8.55. The van der Waals surface area contributed by atoms with E-state index in [0.29, 0.717) is 21.5 Å². The van der Waals surface area contributed by atoms with Crippen molar-refractivity contribution in [2.45, 2.75) is 18.8 Å². The van der Waals surface area contributed by atoms with E-state index < -0.39 is 5.92 Å². The third-order valence-corrected chi connectivity index (χ3v) is 3.47. The summed E-state index contributed by atoms with van der Waals surface area (Å²) in [6.45, 7) is 0.540. The Balaban J connectivity index is 1.97. The van der Waals surface area contributed by atoms with Crippen molar-refractivity contribution in [3.63, 3.8) is 0 Å². The highest BCUT2D eigenvalue weighted by Crippen LogP contribution is 2.33. The van der Waals surface area contributed by atoms with Crippen LogP contribution in [-0.2, 0) is 0 Å². The van der Waals surface area contributed by atoms with Crippen LogP contribution in [0.2, 0.25) is 0 Å². The number of oxazole rings is 1. The molecule has 0 bridgehead atoms. The highest BCUT2D eigenvalue weighted by Gasteiger charge is 2.35. The molecule has 1 aliphatic heterocycles. The van der Waals surface area contributed by atoms with E-state index in [1.54, 1.807) is 6.07 Å². The first-order valence-corrected chi connectivity index (χ1v) is 6.37. The Kier molecular flexibility index (Phi) is 2.73. The van der Waals surface area contributed by atoms with Crippen molar-refractivity contribution in [3.05, 3.63) is 17.1 Å². The Morgan fingerprint density at radius 2 is 2.06 bits per heavy atom. The van der Waals surface area contributed by atoms with Crippen LogP contribution in [0.4, 0.5) is 14.6 Å². The molecule has 0 amide bonds. The number of hydrogen-bond donors (Lipinski definition) is 0. The number of rotatable bonds is 1. The topological polar surface area (TPSA) is 42.2 Å². The highest BCUT2D eigenvalue weighted by molar-refractivity contribution is 9.10. The van der Waals surface area contributed by atoms with Gasteiger partial charge in [-0.3, -0.25) is 0 Å². The van der Waals surface area contributed by atoms with Crippen molar-refractivity contribution in [1.29, 1.82) is 0 Å². The number of fused-ring (bicyclic) bond motifs is 1. The molecule has 0 spiro atoms. The van der Waals surface area contributed by atoms with Crippen molar-refractivity contribution >= 4 is 32.8 Å². The van der Waals surface area contributed by atoms with Crippen LogP contribution in [0.25, 0.3) is 11.1 Å². The van der Waals surface area contributed by atoms with E-state index in [4.69, 9.17) is 4.42 Å². The summed E-state index contributed by atoms with van der Waals surface area (Å²) in [6, 6.07) is 1.74. The molecule has 4 nitrogen and oxygen atoms in total. The summed E-state index contributed by atoms with van der Waals surface area (Å²) in [5, 5.41) is 0. The second-order valence-corrected chi connectivity index (χ2v) is 5.12. The molecule has 2 aromatic heterocycles. The molecule has 0 aromatic carbocycles. The number of alkyl halides is 2.